The van der Waals surface area contributed by atoms with Crippen LogP contribution in [-0.2, 0) is 9.53 Å². The summed E-state index contributed by atoms with van der Waals surface area (Å²) in [6.07, 6.45) is 0. The van der Waals surface area contributed by atoms with Gasteiger partial charge in [-0.1, -0.05) is 24.3 Å². The predicted octanol–water partition coefficient (Wildman–Crippen LogP) is 2.53. The van der Waals surface area contributed by atoms with Gasteiger partial charge in [0.25, 0.3) is 17.5 Å². The molecule has 138 valence electrons. The molecule has 0 aromatic heterocycles. The van der Waals surface area contributed by atoms with Gasteiger partial charge in [-0.2, -0.15) is 0 Å². The van der Waals surface area contributed by atoms with E-state index in [9.17, 15) is 24.5 Å². The van der Waals surface area contributed by atoms with Crippen molar-refractivity contribution >= 4 is 35.2 Å². The summed E-state index contributed by atoms with van der Waals surface area (Å²) < 4.78 is 5.05. The molecule has 0 atom stereocenters. The topological polar surface area (TPSA) is 107 Å². The largest absolute Gasteiger partial charge is 0.463 e. The quantitative estimate of drug-likeness (QED) is 0.237. The lowest BCUT2D eigenvalue weighted by Crippen LogP contribution is -2.33. The zero-order valence-corrected chi connectivity index (χ0v) is 14.8. The van der Waals surface area contributed by atoms with Crippen LogP contribution in [0.3, 0.4) is 0 Å². The van der Waals surface area contributed by atoms with E-state index in [1.165, 1.54) is 6.07 Å². The van der Waals surface area contributed by atoms with Crippen molar-refractivity contribution < 1.29 is 24.0 Å². The minimum Gasteiger partial charge on any atom is -0.463 e. The Morgan fingerprint density at radius 2 is 1.63 bits per heavy atom. The number of nitrogens with zero attached hydrogens (tertiary/aromatic N) is 2. The van der Waals surface area contributed by atoms with Crippen molar-refractivity contribution in [3.05, 3.63) is 69.8 Å². The summed E-state index contributed by atoms with van der Waals surface area (Å²) in [5, 5.41) is 10.9. The average Bonchev–Trinajstić information content (AvgIpc) is 2.91. The van der Waals surface area contributed by atoms with Gasteiger partial charge in [-0.15, -0.1) is 11.8 Å². The smallest absolute Gasteiger partial charge is 0.316 e. The van der Waals surface area contributed by atoms with E-state index in [4.69, 9.17) is 4.74 Å². The number of hydrogen-bond donors (Lipinski definition) is 0. The van der Waals surface area contributed by atoms with Crippen LogP contribution in [0.2, 0.25) is 0 Å². The lowest BCUT2D eigenvalue weighted by atomic mass is 10.1. The van der Waals surface area contributed by atoms with Gasteiger partial charge < -0.3 is 4.74 Å². The highest BCUT2D eigenvalue weighted by molar-refractivity contribution is 8.00. The molecule has 0 bridgehead atoms. The van der Waals surface area contributed by atoms with E-state index in [1.54, 1.807) is 42.5 Å². The first-order valence-corrected chi connectivity index (χ1v) is 8.94. The number of amides is 2. The van der Waals surface area contributed by atoms with Gasteiger partial charge in [0, 0.05) is 6.07 Å². The molecule has 0 unspecified atom stereocenters. The van der Waals surface area contributed by atoms with Crippen LogP contribution in [0.1, 0.15) is 20.7 Å². The molecule has 1 aliphatic rings. The molecule has 1 heterocycles. The fraction of sp³-hybridized carbons (Fsp3) is 0.167. The van der Waals surface area contributed by atoms with Crippen LogP contribution in [0, 0.1) is 10.1 Å². The first-order chi connectivity index (χ1) is 13.0. The molecule has 8 nitrogen and oxygen atoms in total. The summed E-state index contributed by atoms with van der Waals surface area (Å²) in [5.74, 6) is -1.54. The van der Waals surface area contributed by atoms with E-state index in [2.05, 4.69) is 0 Å². The van der Waals surface area contributed by atoms with Gasteiger partial charge in [-0.25, -0.2) is 0 Å². The maximum Gasteiger partial charge on any atom is 0.316 e. The molecule has 9 heteroatoms. The van der Waals surface area contributed by atoms with Gasteiger partial charge in [0.2, 0.25) is 0 Å². The third kappa shape index (κ3) is 3.98. The Bertz CT molecular complexity index is 895. The number of imide groups is 1. The van der Waals surface area contributed by atoms with Gasteiger partial charge in [0.1, 0.15) is 6.61 Å². The molecule has 0 N–H and O–H groups in total. The molecule has 27 heavy (non-hydrogen) atoms. The minimum absolute atomic E-state index is 0.0474. The first kappa shape index (κ1) is 18.6. The van der Waals surface area contributed by atoms with Crippen molar-refractivity contribution in [2.45, 2.75) is 4.90 Å². The third-order valence-corrected chi connectivity index (χ3v) is 4.90. The molecule has 2 aromatic carbocycles. The number of carbonyl (C=O) groups excluding carboxylic acids is 3. The number of carbonyl (C=O) groups is 3. The average molecular weight is 386 g/mol. The molecule has 0 radical (unpaired) electrons. The molecule has 0 fully saturated rings. The summed E-state index contributed by atoms with van der Waals surface area (Å²) >= 11 is 0.993. The fourth-order valence-corrected chi connectivity index (χ4v) is 3.42. The van der Waals surface area contributed by atoms with Gasteiger partial charge >= 0.3 is 5.97 Å². The number of fused-ring (bicyclic) bond motifs is 1. The second kappa shape index (κ2) is 8.00. The zero-order valence-electron chi connectivity index (χ0n) is 14.0. The molecule has 1 aliphatic heterocycles. The van der Waals surface area contributed by atoms with Gasteiger partial charge in [0.15, 0.2) is 0 Å². The first-order valence-electron chi connectivity index (χ1n) is 7.96. The Morgan fingerprint density at radius 3 is 2.26 bits per heavy atom. The zero-order chi connectivity index (χ0) is 19.4. The summed E-state index contributed by atoms with van der Waals surface area (Å²) in [4.78, 5) is 48.1. The molecular formula is C18H14N2O6S. The molecule has 2 amide bonds. The van der Waals surface area contributed by atoms with Crippen LogP contribution in [0.15, 0.2) is 53.4 Å². The van der Waals surface area contributed by atoms with Crippen LogP contribution in [0.5, 0.6) is 0 Å². The number of ether oxygens (including phenoxy) is 1. The highest BCUT2D eigenvalue weighted by Gasteiger charge is 2.34. The number of para-hydroxylation sites is 1. The van der Waals surface area contributed by atoms with Crippen LogP contribution in [0.25, 0.3) is 0 Å². The van der Waals surface area contributed by atoms with E-state index in [1.807, 2.05) is 0 Å². The number of thioether (sulfide) groups is 1. The summed E-state index contributed by atoms with van der Waals surface area (Å²) in [6, 6.07) is 12.6. The molecule has 0 saturated carbocycles. The summed E-state index contributed by atoms with van der Waals surface area (Å²) in [6.45, 7) is -0.185. The molecule has 0 saturated heterocycles. The Hall–Kier alpha value is -3.20. The number of nitro groups is 1. The Labute approximate surface area is 158 Å². The second-order valence-electron chi connectivity index (χ2n) is 5.54. The summed E-state index contributed by atoms with van der Waals surface area (Å²) in [5.41, 5.74) is 0.586. The molecule has 0 spiro atoms. The van der Waals surface area contributed by atoms with E-state index >= 15 is 0 Å². The van der Waals surface area contributed by atoms with Crippen molar-refractivity contribution in [2.24, 2.45) is 0 Å². The van der Waals surface area contributed by atoms with Crippen LogP contribution in [0.4, 0.5) is 5.69 Å². The second-order valence-corrected chi connectivity index (χ2v) is 6.56. The number of nitro benzene ring substituents is 1. The Kier molecular flexibility index (Phi) is 5.51. The monoisotopic (exact) mass is 386 g/mol. The lowest BCUT2D eigenvalue weighted by molar-refractivity contribution is -0.387. The van der Waals surface area contributed by atoms with Crippen LogP contribution >= 0.6 is 11.8 Å². The maximum atomic E-state index is 12.2. The Morgan fingerprint density at radius 1 is 1.04 bits per heavy atom. The highest BCUT2D eigenvalue weighted by atomic mass is 32.2. The summed E-state index contributed by atoms with van der Waals surface area (Å²) in [7, 11) is 0. The number of esters is 1. The maximum absolute atomic E-state index is 12.2. The molecule has 3 rings (SSSR count). The third-order valence-electron chi connectivity index (χ3n) is 3.86. The van der Waals surface area contributed by atoms with Crippen LogP contribution in [-0.4, -0.2) is 46.5 Å². The van der Waals surface area contributed by atoms with Gasteiger partial charge in [-0.3, -0.25) is 29.4 Å². The lowest BCUT2D eigenvalue weighted by Gasteiger charge is -2.13. The van der Waals surface area contributed by atoms with E-state index in [0.717, 1.165) is 16.7 Å². The van der Waals surface area contributed by atoms with Crippen molar-refractivity contribution in [2.75, 3.05) is 18.9 Å². The van der Waals surface area contributed by atoms with E-state index in [0.29, 0.717) is 16.0 Å². The fourth-order valence-electron chi connectivity index (χ4n) is 2.60. The highest BCUT2D eigenvalue weighted by Crippen LogP contribution is 2.28. The number of benzene rings is 2. The SMILES string of the molecule is O=C(CSc1ccccc1[N+](=O)[O-])OCCN1C(=O)c2ccccc2C1=O. The molecular weight excluding hydrogens is 372 g/mol. The van der Waals surface area contributed by atoms with Crippen LogP contribution < -0.4 is 0 Å². The standard InChI is InChI=1S/C18H14N2O6S/c21-16(11-27-15-8-4-3-7-14(15)20(24)25)26-10-9-19-17(22)12-5-1-2-6-13(12)18(19)23/h1-8H,9-11H2. The molecule has 0 aliphatic carbocycles. The minimum atomic E-state index is -0.588. The van der Waals surface area contributed by atoms with Gasteiger partial charge in [0.05, 0.1) is 33.2 Å². The van der Waals surface area contributed by atoms with E-state index in [-0.39, 0.29) is 24.6 Å². The molecule has 2 aromatic rings. The van der Waals surface area contributed by atoms with Crippen molar-refractivity contribution in [1.29, 1.82) is 0 Å². The number of rotatable bonds is 7. The predicted molar refractivity (Wildman–Crippen MR) is 96.6 cm³/mol. The van der Waals surface area contributed by atoms with Gasteiger partial charge in [-0.05, 0) is 18.2 Å². The van der Waals surface area contributed by atoms with E-state index < -0.39 is 22.7 Å². The van der Waals surface area contributed by atoms with Crippen molar-refractivity contribution in [1.82, 2.24) is 4.90 Å². The Balaban J connectivity index is 1.49. The van der Waals surface area contributed by atoms with Crippen molar-refractivity contribution in [3.8, 4) is 0 Å². The van der Waals surface area contributed by atoms with Crippen molar-refractivity contribution in [3.63, 3.8) is 0 Å². The number of hydrogen-bond acceptors (Lipinski definition) is 7. The normalized spacial score (nSPS) is 12.8.